The molecule has 0 aliphatic carbocycles. The van der Waals surface area contributed by atoms with Crippen molar-refractivity contribution in [2.24, 2.45) is 0 Å². The molecule has 48 valence electrons. The molecule has 9 heavy (non-hydrogen) atoms. The Morgan fingerprint density at radius 1 is 1.33 bits per heavy atom. The van der Waals surface area contributed by atoms with Gasteiger partial charge >= 0.3 is 0 Å². The van der Waals surface area contributed by atoms with Crippen molar-refractivity contribution in [1.82, 2.24) is 0 Å². The van der Waals surface area contributed by atoms with Gasteiger partial charge in [-0.3, -0.25) is 0 Å². The molecule has 1 heterocycles. The monoisotopic (exact) mass is 122 g/mol. The molecule has 0 bridgehead atoms. The van der Waals surface area contributed by atoms with E-state index in [1.165, 1.54) is 0 Å². The van der Waals surface area contributed by atoms with E-state index in [0.717, 1.165) is 6.61 Å². The Morgan fingerprint density at radius 2 is 2.11 bits per heavy atom. The summed E-state index contributed by atoms with van der Waals surface area (Å²) in [6.45, 7) is 4.43. The molecule has 0 aromatic rings. The summed E-state index contributed by atoms with van der Waals surface area (Å²) in [7, 11) is 0. The molecule has 1 aliphatic heterocycles. The van der Waals surface area contributed by atoms with E-state index in [2.05, 4.69) is 6.58 Å². The quantitative estimate of drug-likeness (QED) is 0.410. The summed E-state index contributed by atoms with van der Waals surface area (Å²) in [5, 5.41) is 0. The highest BCUT2D eigenvalue weighted by Crippen LogP contribution is 2.09. The highest BCUT2D eigenvalue weighted by Gasteiger charge is 2.17. The van der Waals surface area contributed by atoms with Gasteiger partial charge < -0.3 is 4.74 Å². The van der Waals surface area contributed by atoms with Crippen LogP contribution < -0.4 is 0 Å². The van der Waals surface area contributed by atoms with Gasteiger partial charge in [0.1, 0.15) is 0 Å². The SMILES string of the molecule is C=C/C=C/C=C/[C@H]1CO1. The second-order valence-electron chi connectivity index (χ2n) is 1.88. The molecule has 0 saturated carbocycles. The summed E-state index contributed by atoms with van der Waals surface area (Å²) >= 11 is 0. The molecule has 0 aromatic carbocycles. The molecular formula is C8H10O. The van der Waals surface area contributed by atoms with Gasteiger partial charge in [-0.2, -0.15) is 0 Å². The Bertz CT molecular complexity index is 141. The summed E-state index contributed by atoms with van der Waals surface area (Å²) < 4.78 is 4.94. The van der Waals surface area contributed by atoms with Gasteiger partial charge in [-0.1, -0.05) is 37.0 Å². The van der Waals surface area contributed by atoms with Crippen LogP contribution in [0.15, 0.2) is 37.0 Å². The second kappa shape index (κ2) is 3.25. The van der Waals surface area contributed by atoms with E-state index in [4.69, 9.17) is 4.74 Å². The van der Waals surface area contributed by atoms with Crippen LogP contribution in [0.3, 0.4) is 0 Å². The van der Waals surface area contributed by atoms with Crippen molar-refractivity contribution in [2.45, 2.75) is 6.10 Å². The highest BCUT2D eigenvalue weighted by atomic mass is 16.6. The van der Waals surface area contributed by atoms with Crippen molar-refractivity contribution in [3.63, 3.8) is 0 Å². The number of allylic oxidation sites excluding steroid dienone is 4. The molecule has 0 amide bonds. The average Bonchev–Trinajstić information content (AvgIpc) is 2.63. The van der Waals surface area contributed by atoms with Crippen molar-refractivity contribution in [3.8, 4) is 0 Å². The third kappa shape index (κ3) is 2.88. The maximum Gasteiger partial charge on any atom is 0.0994 e. The van der Waals surface area contributed by atoms with Crippen LogP contribution in [0.25, 0.3) is 0 Å². The van der Waals surface area contributed by atoms with Crippen molar-refractivity contribution in [3.05, 3.63) is 37.0 Å². The maximum atomic E-state index is 4.94. The zero-order chi connectivity index (χ0) is 6.53. The van der Waals surface area contributed by atoms with Crippen LogP contribution in [0.2, 0.25) is 0 Å². The van der Waals surface area contributed by atoms with Crippen molar-refractivity contribution in [1.29, 1.82) is 0 Å². The van der Waals surface area contributed by atoms with E-state index < -0.39 is 0 Å². The van der Waals surface area contributed by atoms with Gasteiger partial charge in [0.25, 0.3) is 0 Å². The maximum absolute atomic E-state index is 4.94. The first-order chi connectivity index (χ1) is 4.43. The lowest BCUT2D eigenvalue weighted by atomic mass is 10.4. The van der Waals surface area contributed by atoms with Crippen molar-refractivity contribution in [2.75, 3.05) is 6.61 Å². The largest absolute Gasteiger partial charge is 0.369 e. The van der Waals surface area contributed by atoms with E-state index >= 15 is 0 Å². The van der Waals surface area contributed by atoms with Crippen LogP contribution in [0.5, 0.6) is 0 Å². The van der Waals surface area contributed by atoms with Crippen LogP contribution in [0.1, 0.15) is 0 Å². The molecule has 0 unspecified atom stereocenters. The smallest absolute Gasteiger partial charge is 0.0994 e. The van der Waals surface area contributed by atoms with Crippen molar-refractivity contribution < 1.29 is 4.74 Å². The first kappa shape index (κ1) is 6.30. The molecular weight excluding hydrogens is 112 g/mol. The summed E-state index contributed by atoms with van der Waals surface area (Å²) in [4.78, 5) is 0. The third-order valence-corrected chi connectivity index (χ3v) is 1.04. The molecule has 0 aromatic heterocycles. The summed E-state index contributed by atoms with van der Waals surface area (Å²) in [6, 6.07) is 0. The van der Waals surface area contributed by atoms with Crippen LogP contribution in [0, 0.1) is 0 Å². The lowest BCUT2D eigenvalue weighted by Crippen LogP contribution is -1.69. The van der Waals surface area contributed by atoms with E-state index in [1.54, 1.807) is 6.08 Å². The van der Waals surface area contributed by atoms with Gasteiger partial charge in [0.05, 0.1) is 12.7 Å². The number of rotatable bonds is 3. The fourth-order valence-electron chi connectivity index (χ4n) is 0.497. The molecule has 1 fully saturated rings. The van der Waals surface area contributed by atoms with Crippen LogP contribution >= 0.6 is 0 Å². The molecule has 1 heteroatoms. The van der Waals surface area contributed by atoms with Crippen LogP contribution in [0.4, 0.5) is 0 Å². The molecule has 0 N–H and O–H groups in total. The zero-order valence-electron chi connectivity index (χ0n) is 5.29. The Kier molecular flexibility index (Phi) is 2.28. The minimum atomic E-state index is 0.388. The topological polar surface area (TPSA) is 12.5 Å². The summed E-state index contributed by atoms with van der Waals surface area (Å²) in [5.74, 6) is 0. The summed E-state index contributed by atoms with van der Waals surface area (Å²) in [6.07, 6.45) is 9.96. The summed E-state index contributed by atoms with van der Waals surface area (Å²) in [5.41, 5.74) is 0. The minimum Gasteiger partial charge on any atom is -0.369 e. The Hall–Kier alpha value is -0.820. The van der Waals surface area contributed by atoms with E-state index in [9.17, 15) is 0 Å². The molecule has 0 spiro atoms. The molecule has 1 aliphatic rings. The molecule has 1 atom stereocenters. The lowest BCUT2D eigenvalue weighted by Gasteiger charge is -1.72. The van der Waals surface area contributed by atoms with Gasteiger partial charge in [0.2, 0.25) is 0 Å². The van der Waals surface area contributed by atoms with Gasteiger partial charge in [-0.15, -0.1) is 0 Å². The van der Waals surface area contributed by atoms with Gasteiger partial charge in [-0.25, -0.2) is 0 Å². The Labute approximate surface area is 55.3 Å². The van der Waals surface area contributed by atoms with Crippen LogP contribution in [-0.2, 0) is 4.74 Å². The fraction of sp³-hybridized carbons (Fsp3) is 0.250. The second-order valence-corrected chi connectivity index (χ2v) is 1.88. The zero-order valence-corrected chi connectivity index (χ0v) is 5.29. The number of ether oxygens (including phenoxy) is 1. The Morgan fingerprint density at radius 3 is 2.67 bits per heavy atom. The standard InChI is InChI=1S/C8H10O/c1-2-3-4-5-6-8-7-9-8/h2-6,8H,1,7H2/b4-3+,6-5+/t8-/m0/s1. The van der Waals surface area contributed by atoms with Gasteiger partial charge in [-0.05, 0) is 0 Å². The minimum absolute atomic E-state index is 0.388. The molecule has 1 rings (SSSR count). The fourth-order valence-corrected chi connectivity index (χ4v) is 0.497. The molecule has 0 radical (unpaired) electrons. The van der Waals surface area contributed by atoms with Crippen molar-refractivity contribution >= 4 is 0 Å². The molecule has 1 nitrogen and oxygen atoms in total. The highest BCUT2D eigenvalue weighted by molar-refractivity contribution is 5.11. The predicted octanol–water partition coefficient (Wildman–Crippen LogP) is 1.68. The lowest BCUT2D eigenvalue weighted by molar-refractivity contribution is 0.440. The van der Waals surface area contributed by atoms with E-state index in [0.29, 0.717) is 6.10 Å². The first-order valence-electron chi connectivity index (χ1n) is 3.01. The van der Waals surface area contributed by atoms with E-state index in [1.807, 2.05) is 24.3 Å². The van der Waals surface area contributed by atoms with Crippen LogP contribution in [-0.4, -0.2) is 12.7 Å². The first-order valence-corrected chi connectivity index (χ1v) is 3.01. The normalized spacial score (nSPS) is 25.6. The third-order valence-electron chi connectivity index (χ3n) is 1.04. The van der Waals surface area contributed by atoms with Gasteiger partial charge in [0.15, 0.2) is 0 Å². The number of epoxide rings is 1. The van der Waals surface area contributed by atoms with E-state index in [-0.39, 0.29) is 0 Å². The van der Waals surface area contributed by atoms with Gasteiger partial charge in [0, 0.05) is 0 Å². The predicted molar refractivity (Wildman–Crippen MR) is 38.2 cm³/mol. The number of hydrogen-bond acceptors (Lipinski definition) is 1. The Balaban J connectivity index is 2.14. The number of hydrogen-bond donors (Lipinski definition) is 0. The average molecular weight is 122 g/mol. The molecule has 1 saturated heterocycles.